The van der Waals surface area contributed by atoms with E-state index in [1.807, 2.05) is 32.9 Å². The van der Waals surface area contributed by atoms with Crippen LogP contribution < -0.4 is 0 Å². The summed E-state index contributed by atoms with van der Waals surface area (Å²) in [6.45, 7) is 9.51. The number of unbranched alkanes of at least 4 members (excludes halogenated alkanes) is 3. The van der Waals surface area contributed by atoms with Crippen molar-refractivity contribution in [3.05, 3.63) is 29.8 Å². The molecule has 0 aliphatic rings. The molecular formula is C19H33NO4S. The summed E-state index contributed by atoms with van der Waals surface area (Å²) in [5, 5.41) is 0. The van der Waals surface area contributed by atoms with Gasteiger partial charge < -0.3 is 9.47 Å². The molecule has 1 rings (SSSR count). The second-order valence-corrected chi connectivity index (χ2v) is 8.01. The average Bonchev–Trinajstić information content (AvgIpc) is 2.58. The van der Waals surface area contributed by atoms with Crippen molar-refractivity contribution in [2.75, 3.05) is 26.3 Å². The van der Waals surface area contributed by atoms with E-state index in [9.17, 15) is 8.42 Å². The van der Waals surface area contributed by atoms with Gasteiger partial charge in [0.2, 0.25) is 10.0 Å². The van der Waals surface area contributed by atoms with Gasteiger partial charge in [-0.3, -0.25) is 0 Å². The van der Waals surface area contributed by atoms with Crippen LogP contribution in [0.4, 0.5) is 0 Å². The van der Waals surface area contributed by atoms with Crippen LogP contribution in [0.1, 0.15) is 52.0 Å². The number of nitrogens with zero attached hydrogens (tertiary/aromatic N) is 1. The first-order valence-corrected chi connectivity index (χ1v) is 10.7. The molecule has 0 fully saturated rings. The van der Waals surface area contributed by atoms with Crippen LogP contribution in [0.15, 0.2) is 29.2 Å². The molecule has 0 aromatic heterocycles. The van der Waals surface area contributed by atoms with E-state index in [0.29, 0.717) is 24.7 Å². The molecular weight excluding hydrogens is 338 g/mol. The van der Waals surface area contributed by atoms with Crippen molar-refractivity contribution in [1.82, 2.24) is 4.31 Å². The molecule has 5 nitrogen and oxygen atoms in total. The van der Waals surface area contributed by atoms with Gasteiger partial charge in [0.1, 0.15) is 0 Å². The second kappa shape index (κ2) is 11.6. The maximum absolute atomic E-state index is 13.1. The number of sulfonamides is 1. The van der Waals surface area contributed by atoms with Gasteiger partial charge in [0.25, 0.3) is 0 Å². The van der Waals surface area contributed by atoms with Crippen LogP contribution in [0, 0.1) is 6.92 Å². The van der Waals surface area contributed by atoms with Gasteiger partial charge in [0.05, 0.1) is 11.4 Å². The van der Waals surface area contributed by atoms with Crippen molar-refractivity contribution < 1.29 is 17.9 Å². The molecule has 0 saturated carbocycles. The molecule has 0 aliphatic carbocycles. The zero-order chi connectivity index (χ0) is 18.7. The van der Waals surface area contributed by atoms with Crippen molar-refractivity contribution in [3.8, 4) is 0 Å². The Kier molecular flexibility index (Phi) is 10.3. The van der Waals surface area contributed by atoms with Crippen LogP contribution in [-0.2, 0) is 19.5 Å². The Bertz CT molecular complexity index is 566. The number of rotatable bonds is 13. The quantitative estimate of drug-likeness (QED) is 0.389. The predicted molar refractivity (Wildman–Crippen MR) is 101 cm³/mol. The maximum atomic E-state index is 13.1. The van der Waals surface area contributed by atoms with Gasteiger partial charge in [-0.25, -0.2) is 8.42 Å². The van der Waals surface area contributed by atoms with E-state index in [1.54, 1.807) is 12.1 Å². The summed E-state index contributed by atoms with van der Waals surface area (Å²) in [4.78, 5) is 0.320. The molecule has 0 bridgehead atoms. The lowest BCUT2D eigenvalue weighted by molar-refractivity contribution is -0.140. The summed E-state index contributed by atoms with van der Waals surface area (Å²) in [5.74, 6) is 0. The van der Waals surface area contributed by atoms with Crippen molar-refractivity contribution >= 4 is 10.0 Å². The van der Waals surface area contributed by atoms with E-state index in [-0.39, 0.29) is 6.54 Å². The maximum Gasteiger partial charge on any atom is 0.243 e. The van der Waals surface area contributed by atoms with Crippen LogP contribution >= 0.6 is 0 Å². The smallest absolute Gasteiger partial charge is 0.243 e. The van der Waals surface area contributed by atoms with Crippen LogP contribution in [0.3, 0.4) is 0 Å². The minimum absolute atomic E-state index is 0.212. The van der Waals surface area contributed by atoms with Gasteiger partial charge in [-0.05, 0) is 39.3 Å². The molecule has 0 N–H and O–H groups in total. The Balaban J connectivity index is 2.95. The lowest BCUT2D eigenvalue weighted by Crippen LogP contribution is -2.40. The molecule has 1 aromatic carbocycles. The molecule has 0 spiro atoms. The Morgan fingerprint density at radius 2 is 1.56 bits per heavy atom. The van der Waals surface area contributed by atoms with Crippen molar-refractivity contribution in [2.24, 2.45) is 0 Å². The SMILES string of the molecule is CCCCCCN(CC(OCC)OCC)S(=O)(=O)c1ccc(C)cc1. The first-order chi connectivity index (χ1) is 12.0. The highest BCUT2D eigenvalue weighted by atomic mass is 32.2. The molecule has 0 unspecified atom stereocenters. The lowest BCUT2D eigenvalue weighted by atomic mass is 10.2. The van der Waals surface area contributed by atoms with Crippen molar-refractivity contribution in [3.63, 3.8) is 0 Å². The molecule has 0 radical (unpaired) electrons. The van der Waals surface area contributed by atoms with E-state index in [4.69, 9.17) is 9.47 Å². The number of ether oxygens (including phenoxy) is 2. The summed E-state index contributed by atoms with van der Waals surface area (Å²) in [5.41, 5.74) is 1.04. The van der Waals surface area contributed by atoms with Gasteiger partial charge in [0, 0.05) is 19.8 Å². The fourth-order valence-corrected chi connectivity index (χ4v) is 4.04. The molecule has 0 saturated heterocycles. The molecule has 0 heterocycles. The zero-order valence-corrected chi connectivity index (χ0v) is 16.8. The summed E-state index contributed by atoms with van der Waals surface area (Å²) in [6.07, 6.45) is 3.54. The van der Waals surface area contributed by atoms with E-state index >= 15 is 0 Å². The van der Waals surface area contributed by atoms with Crippen LogP contribution in [0.2, 0.25) is 0 Å². The Morgan fingerprint density at radius 1 is 0.960 bits per heavy atom. The molecule has 6 heteroatoms. The number of hydrogen-bond acceptors (Lipinski definition) is 4. The second-order valence-electron chi connectivity index (χ2n) is 6.08. The Hall–Kier alpha value is -0.950. The van der Waals surface area contributed by atoms with E-state index in [0.717, 1.165) is 31.2 Å². The third kappa shape index (κ3) is 7.44. The number of hydrogen-bond donors (Lipinski definition) is 0. The van der Waals surface area contributed by atoms with Gasteiger partial charge in [0.15, 0.2) is 6.29 Å². The fraction of sp³-hybridized carbons (Fsp3) is 0.684. The monoisotopic (exact) mass is 371 g/mol. The van der Waals surface area contributed by atoms with E-state index < -0.39 is 16.3 Å². The van der Waals surface area contributed by atoms with Gasteiger partial charge in [-0.1, -0.05) is 43.9 Å². The highest BCUT2D eigenvalue weighted by Crippen LogP contribution is 2.19. The van der Waals surface area contributed by atoms with Gasteiger partial charge in [-0.15, -0.1) is 0 Å². The first kappa shape index (κ1) is 22.1. The van der Waals surface area contributed by atoms with Crippen molar-refractivity contribution in [2.45, 2.75) is 64.6 Å². The van der Waals surface area contributed by atoms with Crippen LogP contribution in [-0.4, -0.2) is 45.3 Å². The minimum atomic E-state index is -3.56. The largest absolute Gasteiger partial charge is 0.352 e. The molecule has 0 amide bonds. The Labute approximate surface area is 153 Å². The van der Waals surface area contributed by atoms with Gasteiger partial charge in [-0.2, -0.15) is 4.31 Å². The normalized spacial score (nSPS) is 12.2. The van der Waals surface area contributed by atoms with Crippen molar-refractivity contribution in [1.29, 1.82) is 0 Å². The average molecular weight is 372 g/mol. The number of benzene rings is 1. The highest BCUT2D eigenvalue weighted by Gasteiger charge is 2.27. The Morgan fingerprint density at radius 3 is 2.08 bits per heavy atom. The molecule has 1 aromatic rings. The highest BCUT2D eigenvalue weighted by molar-refractivity contribution is 7.89. The molecule has 144 valence electrons. The minimum Gasteiger partial charge on any atom is -0.352 e. The molecule has 25 heavy (non-hydrogen) atoms. The summed E-state index contributed by atoms with van der Waals surface area (Å²) >= 11 is 0. The van der Waals surface area contributed by atoms with E-state index in [2.05, 4.69) is 6.92 Å². The standard InChI is InChI=1S/C19H33NO4S/c1-5-8-9-10-15-20(16-19(23-6-2)24-7-3)25(21,22)18-13-11-17(4)12-14-18/h11-14,19H,5-10,15-16H2,1-4H3. The van der Waals surface area contributed by atoms with Crippen LogP contribution in [0.25, 0.3) is 0 Å². The summed E-state index contributed by atoms with van der Waals surface area (Å²) in [7, 11) is -3.56. The third-order valence-corrected chi connectivity index (χ3v) is 5.86. The zero-order valence-electron chi connectivity index (χ0n) is 16.0. The molecule has 0 aliphatic heterocycles. The van der Waals surface area contributed by atoms with Gasteiger partial charge >= 0.3 is 0 Å². The first-order valence-electron chi connectivity index (χ1n) is 9.25. The summed E-state index contributed by atoms with van der Waals surface area (Å²) < 4.78 is 38.8. The topological polar surface area (TPSA) is 55.8 Å². The fourth-order valence-electron chi connectivity index (χ4n) is 2.58. The lowest BCUT2D eigenvalue weighted by Gasteiger charge is -2.27. The molecule has 0 atom stereocenters. The van der Waals surface area contributed by atoms with Crippen LogP contribution in [0.5, 0.6) is 0 Å². The third-order valence-electron chi connectivity index (χ3n) is 3.98. The predicted octanol–water partition coefficient (Wildman–Crippen LogP) is 3.97. The van der Waals surface area contributed by atoms with E-state index in [1.165, 1.54) is 4.31 Å². The number of aryl methyl sites for hydroxylation is 1. The summed E-state index contributed by atoms with van der Waals surface area (Å²) in [6, 6.07) is 6.98.